The SMILES string of the molecule is CC(C)(CN)N1CCN(Cc2cncc(F)c2)CC1. The Morgan fingerprint density at radius 2 is 1.95 bits per heavy atom. The van der Waals surface area contributed by atoms with Crippen molar-refractivity contribution in [3.63, 3.8) is 0 Å². The normalized spacial score (nSPS) is 18.7. The molecule has 1 saturated heterocycles. The van der Waals surface area contributed by atoms with Crippen LogP contribution in [-0.4, -0.2) is 53.0 Å². The molecule has 2 rings (SSSR count). The van der Waals surface area contributed by atoms with E-state index in [1.54, 1.807) is 12.3 Å². The van der Waals surface area contributed by atoms with Crippen molar-refractivity contribution < 1.29 is 4.39 Å². The first-order valence-corrected chi connectivity index (χ1v) is 6.78. The lowest BCUT2D eigenvalue weighted by Crippen LogP contribution is -2.57. The maximum atomic E-state index is 13.1. The van der Waals surface area contributed by atoms with Crippen LogP contribution in [0.5, 0.6) is 0 Å². The van der Waals surface area contributed by atoms with Gasteiger partial charge in [0.15, 0.2) is 0 Å². The fourth-order valence-electron chi connectivity index (χ4n) is 2.44. The van der Waals surface area contributed by atoms with Crippen LogP contribution in [0.4, 0.5) is 4.39 Å². The van der Waals surface area contributed by atoms with Crippen molar-refractivity contribution in [2.75, 3.05) is 32.7 Å². The summed E-state index contributed by atoms with van der Waals surface area (Å²) >= 11 is 0. The Kier molecular flexibility index (Phi) is 4.50. The van der Waals surface area contributed by atoms with Crippen LogP contribution in [0.3, 0.4) is 0 Å². The number of piperazine rings is 1. The molecule has 106 valence electrons. The number of rotatable bonds is 4. The molecule has 1 aromatic heterocycles. The highest BCUT2D eigenvalue weighted by Gasteiger charge is 2.28. The van der Waals surface area contributed by atoms with Crippen molar-refractivity contribution in [3.8, 4) is 0 Å². The predicted molar refractivity (Wildman–Crippen MR) is 74.2 cm³/mol. The van der Waals surface area contributed by atoms with E-state index in [4.69, 9.17) is 5.73 Å². The van der Waals surface area contributed by atoms with E-state index in [-0.39, 0.29) is 11.4 Å². The third-order valence-corrected chi connectivity index (χ3v) is 3.90. The van der Waals surface area contributed by atoms with Crippen molar-refractivity contribution in [1.29, 1.82) is 0 Å². The van der Waals surface area contributed by atoms with E-state index in [9.17, 15) is 4.39 Å². The summed E-state index contributed by atoms with van der Waals surface area (Å²) in [5.74, 6) is -0.264. The molecule has 2 N–H and O–H groups in total. The number of nitrogens with zero attached hydrogens (tertiary/aromatic N) is 3. The molecule has 1 aromatic rings. The lowest BCUT2D eigenvalue weighted by Gasteiger charge is -2.43. The second-order valence-corrected chi connectivity index (χ2v) is 5.79. The summed E-state index contributed by atoms with van der Waals surface area (Å²) in [5.41, 5.74) is 6.81. The van der Waals surface area contributed by atoms with Crippen molar-refractivity contribution in [3.05, 3.63) is 29.8 Å². The molecule has 0 radical (unpaired) electrons. The maximum Gasteiger partial charge on any atom is 0.141 e. The predicted octanol–water partition coefficient (Wildman–Crippen LogP) is 1.08. The molecule has 2 heterocycles. The molecule has 19 heavy (non-hydrogen) atoms. The minimum Gasteiger partial charge on any atom is -0.329 e. The number of nitrogens with two attached hydrogens (primary N) is 1. The van der Waals surface area contributed by atoms with E-state index in [2.05, 4.69) is 28.6 Å². The lowest BCUT2D eigenvalue weighted by atomic mass is 10.0. The molecule has 0 bridgehead atoms. The monoisotopic (exact) mass is 266 g/mol. The van der Waals surface area contributed by atoms with Gasteiger partial charge in [-0.15, -0.1) is 0 Å². The third-order valence-electron chi connectivity index (χ3n) is 3.90. The zero-order chi connectivity index (χ0) is 13.9. The minimum atomic E-state index is -0.264. The molecule has 0 unspecified atom stereocenters. The Morgan fingerprint density at radius 3 is 2.53 bits per heavy atom. The topological polar surface area (TPSA) is 45.4 Å². The summed E-state index contributed by atoms with van der Waals surface area (Å²) < 4.78 is 13.1. The highest BCUT2D eigenvalue weighted by Crippen LogP contribution is 2.16. The van der Waals surface area contributed by atoms with Crippen LogP contribution in [0.15, 0.2) is 18.5 Å². The molecule has 4 nitrogen and oxygen atoms in total. The largest absolute Gasteiger partial charge is 0.329 e. The fourth-order valence-corrected chi connectivity index (χ4v) is 2.44. The van der Waals surface area contributed by atoms with Crippen LogP contribution in [-0.2, 0) is 6.54 Å². The van der Waals surface area contributed by atoms with Crippen molar-refractivity contribution >= 4 is 0 Å². The van der Waals surface area contributed by atoms with Crippen molar-refractivity contribution in [2.45, 2.75) is 25.9 Å². The van der Waals surface area contributed by atoms with Gasteiger partial charge >= 0.3 is 0 Å². The van der Waals surface area contributed by atoms with Gasteiger partial charge < -0.3 is 5.73 Å². The second kappa shape index (κ2) is 5.94. The Bertz CT molecular complexity index is 414. The van der Waals surface area contributed by atoms with Crippen LogP contribution >= 0.6 is 0 Å². The molecule has 0 aliphatic carbocycles. The molecule has 0 amide bonds. The van der Waals surface area contributed by atoms with Gasteiger partial charge in [-0.25, -0.2) is 4.39 Å². The fraction of sp³-hybridized carbons (Fsp3) is 0.643. The molecule has 1 fully saturated rings. The number of hydrogen-bond donors (Lipinski definition) is 1. The Hall–Kier alpha value is -1.04. The van der Waals surface area contributed by atoms with Crippen LogP contribution in [0.1, 0.15) is 19.4 Å². The molecule has 0 saturated carbocycles. The van der Waals surface area contributed by atoms with Gasteiger partial charge in [-0.2, -0.15) is 0 Å². The van der Waals surface area contributed by atoms with Crippen LogP contribution in [0.2, 0.25) is 0 Å². The first-order chi connectivity index (χ1) is 9.01. The Labute approximate surface area is 114 Å². The van der Waals surface area contributed by atoms with E-state index >= 15 is 0 Å². The first kappa shape index (κ1) is 14.4. The van der Waals surface area contributed by atoms with E-state index in [1.165, 1.54) is 6.20 Å². The Balaban J connectivity index is 1.87. The second-order valence-electron chi connectivity index (χ2n) is 5.79. The van der Waals surface area contributed by atoms with E-state index in [1.807, 2.05) is 0 Å². The van der Waals surface area contributed by atoms with Gasteiger partial charge in [-0.1, -0.05) is 0 Å². The van der Waals surface area contributed by atoms with Gasteiger partial charge in [0.25, 0.3) is 0 Å². The number of aromatic nitrogens is 1. The molecule has 1 aliphatic rings. The quantitative estimate of drug-likeness (QED) is 0.885. The summed E-state index contributed by atoms with van der Waals surface area (Å²) in [6.07, 6.45) is 2.98. The smallest absolute Gasteiger partial charge is 0.141 e. The molecule has 0 atom stereocenters. The number of hydrogen-bond acceptors (Lipinski definition) is 4. The highest BCUT2D eigenvalue weighted by molar-refractivity contribution is 5.10. The molecular weight excluding hydrogens is 243 g/mol. The molecule has 1 aliphatic heterocycles. The summed E-state index contributed by atoms with van der Waals surface area (Å²) in [6.45, 7) is 9.78. The van der Waals surface area contributed by atoms with E-state index < -0.39 is 0 Å². The molecule has 5 heteroatoms. The zero-order valence-electron chi connectivity index (χ0n) is 11.8. The first-order valence-electron chi connectivity index (χ1n) is 6.78. The molecule has 0 spiro atoms. The Morgan fingerprint density at radius 1 is 1.26 bits per heavy atom. The van der Waals surface area contributed by atoms with Crippen molar-refractivity contribution in [1.82, 2.24) is 14.8 Å². The number of halogens is 1. The van der Waals surface area contributed by atoms with Gasteiger partial charge in [-0.3, -0.25) is 14.8 Å². The summed E-state index contributed by atoms with van der Waals surface area (Å²) in [5, 5.41) is 0. The van der Waals surface area contributed by atoms with Gasteiger partial charge in [0.1, 0.15) is 5.82 Å². The van der Waals surface area contributed by atoms with Gasteiger partial charge in [-0.05, 0) is 25.5 Å². The summed E-state index contributed by atoms with van der Waals surface area (Å²) in [7, 11) is 0. The maximum absolute atomic E-state index is 13.1. The van der Waals surface area contributed by atoms with Gasteiger partial charge in [0.2, 0.25) is 0 Å². The lowest BCUT2D eigenvalue weighted by molar-refractivity contribution is 0.0537. The van der Waals surface area contributed by atoms with Crippen LogP contribution in [0, 0.1) is 5.82 Å². The van der Waals surface area contributed by atoms with Gasteiger partial charge in [0, 0.05) is 51.0 Å². The van der Waals surface area contributed by atoms with Gasteiger partial charge in [0.05, 0.1) is 6.20 Å². The highest BCUT2D eigenvalue weighted by atomic mass is 19.1. The van der Waals surface area contributed by atoms with Crippen LogP contribution < -0.4 is 5.73 Å². The van der Waals surface area contributed by atoms with Crippen molar-refractivity contribution in [2.24, 2.45) is 5.73 Å². The minimum absolute atomic E-state index is 0.0620. The third kappa shape index (κ3) is 3.72. The summed E-state index contributed by atoms with van der Waals surface area (Å²) in [4.78, 5) is 8.65. The standard InChI is InChI=1S/C14H23FN4/c1-14(2,11-16)19-5-3-18(4-6-19)10-12-7-13(15)9-17-8-12/h7-9H,3-6,10-11,16H2,1-2H3. The molecular formula is C14H23FN4. The average Bonchev–Trinajstić information content (AvgIpc) is 2.39. The van der Waals surface area contributed by atoms with E-state index in [0.29, 0.717) is 6.54 Å². The average molecular weight is 266 g/mol. The van der Waals surface area contributed by atoms with Crippen LogP contribution in [0.25, 0.3) is 0 Å². The number of pyridine rings is 1. The summed E-state index contributed by atoms with van der Waals surface area (Å²) in [6, 6.07) is 1.56. The van der Waals surface area contributed by atoms with E-state index in [0.717, 1.165) is 38.3 Å². The molecule has 0 aromatic carbocycles. The zero-order valence-corrected chi connectivity index (χ0v) is 11.8.